The second kappa shape index (κ2) is 8.63. The molecule has 1 fully saturated rings. The quantitative estimate of drug-likeness (QED) is 0.602. The first-order valence-corrected chi connectivity index (χ1v) is 8.02. The van der Waals surface area contributed by atoms with Gasteiger partial charge in [0.1, 0.15) is 0 Å². The summed E-state index contributed by atoms with van der Waals surface area (Å²) in [6.07, 6.45) is 7.80. The van der Waals surface area contributed by atoms with Crippen LogP contribution in [0.5, 0.6) is 0 Å². The van der Waals surface area contributed by atoms with Crippen molar-refractivity contribution in [3.05, 3.63) is 12.3 Å². The van der Waals surface area contributed by atoms with E-state index in [0.717, 1.165) is 24.0 Å². The summed E-state index contributed by atoms with van der Waals surface area (Å²) in [7, 11) is 1.74. The molecule has 0 radical (unpaired) electrons. The molecule has 1 rings (SSSR count). The number of methoxy groups -OCH3 is 1. The fraction of sp³-hybridized carbons (Fsp3) is 0.882. The van der Waals surface area contributed by atoms with E-state index in [2.05, 4.69) is 32.3 Å². The molecule has 1 saturated carbocycles. The highest BCUT2D eigenvalue weighted by Crippen LogP contribution is 2.33. The van der Waals surface area contributed by atoms with Crippen molar-refractivity contribution in [1.82, 2.24) is 4.90 Å². The van der Waals surface area contributed by atoms with Gasteiger partial charge in [0.05, 0.1) is 12.9 Å². The number of hydrogen-bond acceptors (Lipinski definition) is 2. The van der Waals surface area contributed by atoms with Gasteiger partial charge in [0.2, 0.25) is 0 Å². The molecule has 0 aromatic heterocycles. The van der Waals surface area contributed by atoms with Gasteiger partial charge in [-0.3, -0.25) is 0 Å². The summed E-state index contributed by atoms with van der Waals surface area (Å²) in [4.78, 5) is 2.65. The van der Waals surface area contributed by atoms with Gasteiger partial charge in [0.15, 0.2) is 0 Å². The largest absolute Gasteiger partial charge is 0.502 e. The molecule has 0 aromatic carbocycles. The Bertz CT molecular complexity index is 254. The molecule has 2 heteroatoms. The second-order valence-corrected chi connectivity index (χ2v) is 6.42. The number of nitrogens with zero attached hydrogens (tertiary/aromatic N) is 1. The molecule has 1 aliphatic carbocycles. The Labute approximate surface area is 120 Å². The van der Waals surface area contributed by atoms with E-state index >= 15 is 0 Å². The molecule has 1 aliphatic rings. The summed E-state index contributed by atoms with van der Waals surface area (Å²) in [5, 5.41) is 0. The van der Waals surface area contributed by atoms with Crippen LogP contribution in [0.25, 0.3) is 0 Å². The van der Waals surface area contributed by atoms with Gasteiger partial charge in [-0.2, -0.15) is 0 Å². The molecule has 2 nitrogen and oxygen atoms in total. The van der Waals surface area contributed by atoms with Crippen LogP contribution in [0.4, 0.5) is 0 Å². The van der Waals surface area contributed by atoms with E-state index in [1.54, 1.807) is 7.11 Å². The van der Waals surface area contributed by atoms with E-state index < -0.39 is 0 Å². The van der Waals surface area contributed by atoms with Crippen LogP contribution >= 0.6 is 0 Å². The fourth-order valence-corrected chi connectivity index (χ4v) is 3.20. The lowest BCUT2D eigenvalue weighted by atomic mass is 9.80. The van der Waals surface area contributed by atoms with Crippen LogP contribution in [-0.2, 0) is 4.74 Å². The number of ether oxygens (including phenoxy) is 1. The molecule has 0 saturated heterocycles. The van der Waals surface area contributed by atoms with E-state index in [4.69, 9.17) is 4.74 Å². The lowest BCUT2D eigenvalue weighted by Gasteiger charge is -2.34. The molecule has 0 N–H and O–H groups in total. The Morgan fingerprint density at radius 3 is 2.26 bits per heavy atom. The van der Waals surface area contributed by atoms with E-state index in [1.807, 2.05) is 0 Å². The van der Waals surface area contributed by atoms with Gasteiger partial charge in [-0.1, -0.05) is 13.5 Å². The molecule has 19 heavy (non-hydrogen) atoms. The molecule has 0 amide bonds. The van der Waals surface area contributed by atoms with Crippen LogP contribution in [0.1, 0.15) is 59.3 Å². The van der Waals surface area contributed by atoms with E-state index in [9.17, 15) is 0 Å². The normalized spacial score (nSPS) is 23.9. The van der Waals surface area contributed by atoms with Gasteiger partial charge < -0.3 is 9.64 Å². The molecule has 0 aromatic rings. The smallest absolute Gasteiger partial charge is 0.0886 e. The van der Waals surface area contributed by atoms with Crippen molar-refractivity contribution in [1.29, 1.82) is 0 Å². The molecule has 0 unspecified atom stereocenters. The minimum atomic E-state index is 0.686. The predicted octanol–water partition coefficient (Wildman–Crippen LogP) is 4.46. The fourth-order valence-electron chi connectivity index (χ4n) is 3.20. The average Bonchev–Trinajstić information content (AvgIpc) is 2.40. The SMILES string of the molecule is C=C(CC1CCC(CN(CCC)C(C)C)CC1)OC. The summed E-state index contributed by atoms with van der Waals surface area (Å²) in [5.74, 6) is 2.67. The lowest BCUT2D eigenvalue weighted by molar-refractivity contribution is 0.146. The minimum Gasteiger partial charge on any atom is -0.502 e. The van der Waals surface area contributed by atoms with Crippen molar-refractivity contribution in [2.45, 2.75) is 65.3 Å². The van der Waals surface area contributed by atoms with E-state index in [0.29, 0.717) is 6.04 Å². The highest BCUT2D eigenvalue weighted by atomic mass is 16.5. The Morgan fingerprint density at radius 1 is 1.21 bits per heavy atom. The first-order valence-electron chi connectivity index (χ1n) is 8.02. The van der Waals surface area contributed by atoms with Crippen LogP contribution in [0.2, 0.25) is 0 Å². The van der Waals surface area contributed by atoms with Crippen molar-refractivity contribution in [2.75, 3.05) is 20.2 Å². The van der Waals surface area contributed by atoms with Crippen molar-refractivity contribution in [3.8, 4) is 0 Å². The maximum atomic E-state index is 5.21. The maximum absolute atomic E-state index is 5.21. The van der Waals surface area contributed by atoms with Gasteiger partial charge in [-0.25, -0.2) is 0 Å². The monoisotopic (exact) mass is 267 g/mol. The van der Waals surface area contributed by atoms with Crippen LogP contribution in [0.3, 0.4) is 0 Å². The summed E-state index contributed by atoms with van der Waals surface area (Å²) in [6.45, 7) is 13.4. The Kier molecular flexibility index (Phi) is 7.52. The topological polar surface area (TPSA) is 12.5 Å². The first kappa shape index (κ1) is 16.6. The zero-order chi connectivity index (χ0) is 14.3. The second-order valence-electron chi connectivity index (χ2n) is 6.42. The van der Waals surface area contributed by atoms with Crippen LogP contribution in [0, 0.1) is 11.8 Å². The zero-order valence-corrected chi connectivity index (χ0v) is 13.5. The molecule has 0 bridgehead atoms. The van der Waals surface area contributed by atoms with Crippen molar-refractivity contribution in [2.24, 2.45) is 11.8 Å². The number of hydrogen-bond donors (Lipinski definition) is 0. The van der Waals surface area contributed by atoms with Gasteiger partial charge in [-0.15, -0.1) is 0 Å². The molecule has 112 valence electrons. The summed E-state index contributed by atoms with van der Waals surface area (Å²) in [5.41, 5.74) is 0. The molecular formula is C17H33NO. The minimum absolute atomic E-state index is 0.686. The summed E-state index contributed by atoms with van der Waals surface area (Å²) < 4.78 is 5.21. The standard InChI is InChI=1S/C17H33NO/c1-6-11-18(14(2)3)13-17-9-7-16(8-10-17)12-15(4)19-5/h14,16-17H,4,6-13H2,1-3,5H3. The van der Waals surface area contributed by atoms with E-state index in [-0.39, 0.29) is 0 Å². The van der Waals surface area contributed by atoms with Crippen LogP contribution in [-0.4, -0.2) is 31.1 Å². The Morgan fingerprint density at radius 2 is 1.79 bits per heavy atom. The van der Waals surface area contributed by atoms with Crippen LogP contribution < -0.4 is 0 Å². The van der Waals surface area contributed by atoms with Gasteiger partial charge in [0, 0.05) is 19.0 Å². The van der Waals surface area contributed by atoms with Crippen LogP contribution in [0.15, 0.2) is 12.3 Å². The third kappa shape index (κ3) is 5.99. The van der Waals surface area contributed by atoms with Crippen molar-refractivity contribution in [3.63, 3.8) is 0 Å². The third-order valence-corrected chi connectivity index (χ3v) is 4.51. The van der Waals surface area contributed by atoms with Gasteiger partial charge in [0.25, 0.3) is 0 Å². The maximum Gasteiger partial charge on any atom is 0.0886 e. The summed E-state index contributed by atoms with van der Waals surface area (Å²) >= 11 is 0. The van der Waals surface area contributed by atoms with E-state index in [1.165, 1.54) is 45.2 Å². The highest BCUT2D eigenvalue weighted by molar-refractivity contribution is 4.87. The van der Waals surface area contributed by atoms with Crippen molar-refractivity contribution >= 4 is 0 Å². The molecular weight excluding hydrogens is 234 g/mol. The summed E-state index contributed by atoms with van der Waals surface area (Å²) in [6, 6.07) is 0.686. The Hall–Kier alpha value is -0.500. The highest BCUT2D eigenvalue weighted by Gasteiger charge is 2.24. The van der Waals surface area contributed by atoms with Crippen molar-refractivity contribution < 1.29 is 4.74 Å². The van der Waals surface area contributed by atoms with Gasteiger partial charge in [-0.05, 0) is 64.3 Å². The number of allylic oxidation sites excluding steroid dienone is 1. The average molecular weight is 267 g/mol. The lowest BCUT2D eigenvalue weighted by Crippen LogP contribution is -2.37. The predicted molar refractivity (Wildman–Crippen MR) is 83.2 cm³/mol. The zero-order valence-electron chi connectivity index (χ0n) is 13.5. The first-order chi connectivity index (χ1) is 9.06. The molecule has 0 atom stereocenters. The third-order valence-electron chi connectivity index (χ3n) is 4.51. The van der Waals surface area contributed by atoms with Gasteiger partial charge >= 0.3 is 0 Å². The Balaban J connectivity index is 2.30. The number of rotatable bonds is 8. The molecule has 0 spiro atoms. The molecule has 0 aliphatic heterocycles. The molecule has 0 heterocycles.